The van der Waals surface area contributed by atoms with E-state index in [0.717, 1.165) is 6.07 Å². The number of methoxy groups -OCH3 is 2. The van der Waals surface area contributed by atoms with Gasteiger partial charge in [0.2, 0.25) is 11.7 Å². The molecule has 1 aromatic carbocycles. The number of carbonyl (C=O) groups excluding carboxylic acids is 3. The van der Waals surface area contributed by atoms with E-state index >= 15 is 0 Å². The molecule has 1 heterocycles. The van der Waals surface area contributed by atoms with E-state index in [4.69, 9.17) is 4.74 Å². The van der Waals surface area contributed by atoms with Crippen LogP contribution in [0.25, 0.3) is 0 Å². The SMILES string of the molecule is COC(=O)c1cc(NC(=O)C23CC2(c2ccc(F)c(F)c2OC)C(=O)CCC3C)ccn1. The maximum absolute atomic E-state index is 14.5. The number of halogens is 2. The highest BCUT2D eigenvalue weighted by Crippen LogP contribution is 2.73. The van der Waals surface area contributed by atoms with Gasteiger partial charge in [0.25, 0.3) is 0 Å². The van der Waals surface area contributed by atoms with E-state index in [0.29, 0.717) is 12.1 Å². The quantitative estimate of drug-likeness (QED) is 0.711. The second kappa shape index (κ2) is 7.65. The number of hydrogen-bond donors (Lipinski definition) is 1. The maximum Gasteiger partial charge on any atom is 0.356 e. The number of benzene rings is 1. The predicted octanol–water partition coefficient (Wildman–Crippen LogP) is 3.42. The highest BCUT2D eigenvalue weighted by molar-refractivity contribution is 6.10. The maximum atomic E-state index is 14.5. The molecule has 32 heavy (non-hydrogen) atoms. The van der Waals surface area contributed by atoms with Gasteiger partial charge in [-0.2, -0.15) is 4.39 Å². The van der Waals surface area contributed by atoms with Crippen LogP contribution in [0.15, 0.2) is 30.5 Å². The topological polar surface area (TPSA) is 94.6 Å². The van der Waals surface area contributed by atoms with Crippen LogP contribution in [0.4, 0.5) is 14.5 Å². The molecule has 1 amide bonds. The average molecular weight is 444 g/mol. The summed E-state index contributed by atoms with van der Waals surface area (Å²) >= 11 is 0. The van der Waals surface area contributed by atoms with Gasteiger partial charge in [0.15, 0.2) is 11.6 Å². The number of Topliss-reactive ketones (excluding diaryl/α,β-unsaturated/α-hetero) is 1. The number of pyridine rings is 1. The highest BCUT2D eigenvalue weighted by atomic mass is 19.2. The Morgan fingerprint density at radius 2 is 1.97 bits per heavy atom. The van der Waals surface area contributed by atoms with Gasteiger partial charge >= 0.3 is 5.97 Å². The first-order valence-corrected chi connectivity index (χ1v) is 10.1. The van der Waals surface area contributed by atoms with Crippen molar-refractivity contribution in [2.75, 3.05) is 19.5 Å². The van der Waals surface area contributed by atoms with Gasteiger partial charge < -0.3 is 14.8 Å². The van der Waals surface area contributed by atoms with Crippen molar-refractivity contribution in [2.24, 2.45) is 11.3 Å². The molecular weight excluding hydrogens is 422 g/mol. The first-order valence-electron chi connectivity index (χ1n) is 10.1. The van der Waals surface area contributed by atoms with E-state index in [2.05, 4.69) is 15.0 Å². The first-order chi connectivity index (χ1) is 15.2. The molecule has 0 radical (unpaired) electrons. The summed E-state index contributed by atoms with van der Waals surface area (Å²) < 4.78 is 38.1. The molecule has 0 spiro atoms. The summed E-state index contributed by atoms with van der Waals surface area (Å²) in [5.74, 6) is -4.16. The number of ketones is 1. The van der Waals surface area contributed by atoms with Crippen molar-refractivity contribution in [1.82, 2.24) is 4.98 Å². The van der Waals surface area contributed by atoms with Crippen LogP contribution < -0.4 is 10.1 Å². The van der Waals surface area contributed by atoms with E-state index in [1.54, 1.807) is 0 Å². The fourth-order valence-corrected chi connectivity index (χ4v) is 5.14. The van der Waals surface area contributed by atoms with Gasteiger partial charge in [-0.25, -0.2) is 14.2 Å². The second-order valence-corrected chi connectivity index (χ2v) is 8.23. The summed E-state index contributed by atoms with van der Waals surface area (Å²) in [6.07, 6.45) is 2.22. The summed E-state index contributed by atoms with van der Waals surface area (Å²) in [6, 6.07) is 5.15. The number of nitrogens with one attached hydrogen (secondary N) is 1. The lowest BCUT2D eigenvalue weighted by Crippen LogP contribution is -2.44. The van der Waals surface area contributed by atoms with Crippen molar-refractivity contribution in [3.63, 3.8) is 0 Å². The third kappa shape index (κ3) is 2.91. The van der Waals surface area contributed by atoms with Crippen LogP contribution in [0.2, 0.25) is 0 Å². The second-order valence-electron chi connectivity index (χ2n) is 8.23. The number of nitrogens with zero attached hydrogens (tertiary/aromatic N) is 1. The van der Waals surface area contributed by atoms with Crippen molar-refractivity contribution < 1.29 is 32.6 Å². The Labute approximate surface area is 183 Å². The van der Waals surface area contributed by atoms with E-state index in [-0.39, 0.29) is 41.5 Å². The molecule has 2 fully saturated rings. The van der Waals surface area contributed by atoms with Crippen LogP contribution in [-0.4, -0.2) is 36.9 Å². The zero-order valence-corrected chi connectivity index (χ0v) is 17.8. The zero-order valence-electron chi connectivity index (χ0n) is 17.8. The third-order valence-electron chi connectivity index (χ3n) is 6.83. The summed E-state index contributed by atoms with van der Waals surface area (Å²) in [5.41, 5.74) is -1.97. The summed E-state index contributed by atoms with van der Waals surface area (Å²) in [6.45, 7) is 1.87. The fraction of sp³-hybridized carbons (Fsp3) is 0.391. The van der Waals surface area contributed by atoms with Crippen LogP contribution >= 0.6 is 0 Å². The number of anilines is 1. The van der Waals surface area contributed by atoms with Gasteiger partial charge in [0.05, 0.1) is 25.0 Å². The Bertz CT molecular complexity index is 1140. The van der Waals surface area contributed by atoms with Crippen LogP contribution in [0.5, 0.6) is 5.75 Å². The molecule has 0 bridgehead atoms. The number of ether oxygens (including phenoxy) is 2. The Morgan fingerprint density at radius 1 is 1.22 bits per heavy atom. The molecule has 3 unspecified atom stereocenters. The zero-order chi connectivity index (χ0) is 23.3. The molecular formula is C23H22F2N2O5. The van der Waals surface area contributed by atoms with Crippen LogP contribution in [0.3, 0.4) is 0 Å². The molecule has 2 aromatic rings. The minimum Gasteiger partial charge on any atom is -0.493 e. The van der Waals surface area contributed by atoms with Crippen molar-refractivity contribution in [1.29, 1.82) is 0 Å². The van der Waals surface area contributed by atoms with E-state index in [1.807, 2.05) is 6.92 Å². The smallest absolute Gasteiger partial charge is 0.356 e. The number of fused-ring (bicyclic) bond motifs is 1. The van der Waals surface area contributed by atoms with E-state index in [9.17, 15) is 23.2 Å². The summed E-state index contributed by atoms with van der Waals surface area (Å²) in [4.78, 5) is 42.4. The molecule has 1 aromatic heterocycles. The molecule has 2 aliphatic carbocycles. The minimum absolute atomic E-state index is 0.0138. The minimum atomic E-state index is -1.31. The number of amides is 1. The Balaban J connectivity index is 1.76. The number of rotatable bonds is 5. The number of aromatic nitrogens is 1. The molecule has 168 valence electrons. The molecule has 2 saturated carbocycles. The lowest BCUT2D eigenvalue weighted by molar-refractivity contribution is -0.132. The first kappa shape index (κ1) is 21.9. The standard InChI is InChI=1S/C23H22F2N2O5/c1-12-4-7-17(28)23(14-5-6-15(24)18(25)19(14)31-2)11-22(12,23)21(30)27-13-8-9-26-16(10-13)20(29)32-3/h5-6,8-10,12H,4,7,11H2,1-3H3,(H,26,27,30). The fourth-order valence-electron chi connectivity index (χ4n) is 5.14. The van der Waals surface area contributed by atoms with Gasteiger partial charge in [-0.1, -0.05) is 13.0 Å². The molecule has 2 aliphatic rings. The van der Waals surface area contributed by atoms with E-state index in [1.165, 1.54) is 38.6 Å². The monoisotopic (exact) mass is 444 g/mol. The number of esters is 1. The Morgan fingerprint density at radius 3 is 2.66 bits per heavy atom. The highest BCUT2D eigenvalue weighted by Gasteiger charge is 2.79. The molecule has 3 atom stereocenters. The van der Waals surface area contributed by atoms with Crippen LogP contribution in [0, 0.1) is 23.0 Å². The molecule has 4 rings (SSSR count). The van der Waals surface area contributed by atoms with Crippen molar-refractivity contribution in [2.45, 2.75) is 31.6 Å². The van der Waals surface area contributed by atoms with Gasteiger partial charge in [-0.3, -0.25) is 9.59 Å². The lowest BCUT2D eigenvalue weighted by atomic mass is 9.68. The van der Waals surface area contributed by atoms with Crippen molar-refractivity contribution in [3.8, 4) is 5.75 Å². The van der Waals surface area contributed by atoms with Gasteiger partial charge in [0, 0.05) is 23.9 Å². The van der Waals surface area contributed by atoms with Gasteiger partial charge in [-0.05, 0) is 37.0 Å². The average Bonchev–Trinajstić information content (AvgIpc) is 3.52. The molecule has 0 aliphatic heterocycles. The van der Waals surface area contributed by atoms with Crippen molar-refractivity contribution in [3.05, 3.63) is 53.4 Å². The Kier molecular flexibility index (Phi) is 5.22. The summed E-state index contributed by atoms with van der Waals surface area (Å²) in [5, 5.41) is 2.77. The summed E-state index contributed by atoms with van der Waals surface area (Å²) in [7, 11) is 2.42. The van der Waals surface area contributed by atoms with E-state index < -0.39 is 34.3 Å². The van der Waals surface area contributed by atoms with Crippen LogP contribution in [-0.2, 0) is 19.7 Å². The third-order valence-corrected chi connectivity index (χ3v) is 6.83. The molecule has 7 nitrogen and oxygen atoms in total. The Hall–Kier alpha value is -3.36. The molecule has 9 heteroatoms. The number of hydrogen-bond acceptors (Lipinski definition) is 6. The molecule has 1 N–H and O–H groups in total. The van der Waals surface area contributed by atoms with Gasteiger partial charge in [0.1, 0.15) is 11.5 Å². The normalized spacial score (nSPS) is 26.2. The largest absolute Gasteiger partial charge is 0.493 e. The lowest BCUT2D eigenvalue weighted by Gasteiger charge is -2.34. The number of carbonyl (C=O) groups is 3. The van der Waals surface area contributed by atoms with Crippen molar-refractivity contribution >= 4 is 23.3 Å². The van der Waals surface area contributed by atoms with Crippen LogP contribution in [0.1, 0.15) is 42.2 Å². The van der Waals surface area contributed by atoms with Gasteiger partial charge in [-0.15, -0.1) is 0 Å². The molecule has 0 saturated heterocycles. The predicted molar refractivity (Wildman–Crippen MR) is 109 cm³/mol.